The number of aromatic nitrogens is 3. The van der Waals surface area contributed by atoms with Crippen molar-refractivity contribution in [3.8, 4) is 11.4 Å². The molecule has 1 N–H and O–H groups in total. The molecule has 1 fully saturated rings. The number of piperidine rings is 1. The molecular weight excluding hydrogens is 422 g/mol. The van der Waals surface area contributed by atoms with Crippen molar-refractivity contribution in [3.63, 3.8) is 0 Å². The fourth-order valence-corrected chi connectivity index (χ4v) is 4.72. The Morgan fingerprint density at radius 3 is 2.62 bits per heavy atom. The maximum absolute atomic E-state index is 12.6. The summed E-state index contributed by atoms with van der Waals surface area (Å²) < 4.78 is 7.31. The highest BCUT2D eigenvalue weighted by atomic mass is 32.2. The Labute approximate surface area is 193 Å². The summed E-state index contributed by atoms with van der Waals surface area (Å²) in [5.41, 5.74) is 1.71. The monoisotopic (exact) mass is 451 g/mol. The molecule has 1 aliphatic heterocycles. The third-order valence-electron chi connectivity index (χ3n) is 5.67. The fraction of sp³-hybridized carbons (Fsp3) is 0.375. The minimum atomic E-state index is -0.100. The molecule has 168 valence electrons. The van der Waals surface area contributed by atoms with Gasteiger partial charge in [-0.3, -0.25) is 14.3 Å². The van der Waals surface area contributed by atoms with Crippen molar-refractivity contribution >= 4 is 23.4 Å². The number of benzene rings is 2. The summed E-state index contributed by atoms with van der Waals surface area (Å²) in [4.78, 5) is 15.1. The van der Waals surface area contributed by atoms with E-state index in [0.29, 0.717) is 11.4 Å². The first-order valence-corrected chi connectivity index (χ1v) is 12.0. The number of thioether (sulfide) groups is 1. The van der Waals surface area contributed by atoms with Gasteiger partial charge < -0.3 is 10.1 Å². The summed E-state index contributed by atoms with van der Waals surface area (Å²) in [6, 6.07) is 17.6. The zero-order valence-electron chi connectivity index (χ0n) is 18.5. The second-order valence-electron chi connectivity index (χ2n) is 7.85. The van der Waals surface area contributed by atoms with E-state index in [2.05, 4.69) is 44.0 Å². The van der Waals surface area contributed by atoms with Crippen molar-refractivity contribution in [1.29, 1.82) is 0 Å². The average molecular weight is 452 g/mol. The lowest BCUT2D eigenvalue weighted by Gasteiger charge is -2.31. The number of nitrogens with one attached hydrogen (secondary N) is 1. The summed E-state index contributed by atoms with van der Waals surface area (Å²) >= 11 is 1.39. The third kappa shape index (κ3) is 5.31. The minimum Gasteiger partial charge on any atom is -0.497 e. The molecule has 1 aromatic heterocycles. The van der Waals surface area contributed by atoms with Gasteiger partial charge in [0.2, 0.25) is 5.91 Å². The Morgan fingerprint density at radius 2 is 1.88 bits per heavy atom. The third-order valence-corrected chi connectivity index (χ3v) is 6.60. The Bertz CT molecular complexity index is 1030. The van der Waals surface area contributed by atoms with E-state index in [-0.39, 0.29) is 17.7 Å². The van der Waals surface area contributed by atoms with Crippen molar-refractivity contribution in [2.75, 3.05) is 31.3 Å². The van der Waals surface area contributed by atoms with Gasteiger partial charge in [-0.05, 0) is 57.1 Å². The molecule has 1 saturated heterocycles. The van der Waals surface area contributed by atoms with Gasteiger partial charge in [0, 0.05) is 17.4 Å². The molecule has 3 aromatic rings. The molecule has 0 radical (unpaired) electrons. The molecule has 0 bridgehead atoms. The smallest absolute Gasteiger partial charge is 0.234 e. The number of methoxy groups -OCH3 is 1. The van der Waals surface area contributed by atoms with Crippen LogP contribution in [0.15, 0.2) is 59.8 Å². The van der Waals surface area contributed by atoms with Crippen molar-refractivity contribution in [3.05, 3.63) is 60.4 Å². The Kier molecular flexibility index (Phi) is 7.44. The van der Waals surface area contributed by atoms with Gasteiger partial charge in [0.05, 0.1) is 18.9 Å². The Balaban J connectivity index is 1.51. The number of ether oxygens (including phenoxy) is 1. The number of amides is 1. The lowest BCUT2D eigenvalue weighted by molar-refractivity contribution is -0.113. The van der Waals surface area contributed by atoms with Gasteiger partial charge in [0.1, 0.15) is 5.75 Å². The second kappa shape index (κ2) is 10.7. The molecule has 7 nitrogen and oxygen atoms in total. The van der Waals surface area contributed by atoms with E-state index in [1.165, 1.54) is 31.0 Å². The van der Waals surface area contributed by atoms with Crippen LogP contribution in [-0.2, 0) is 4.79 Å². The first kappa shape index (κ1) is 22.4. The SMILES string of the molecule is COc1cccc(NC(=O)CSc2nnc(C(C)N3CCCCC3)n2-c2ccccc2)c1. The number of carbonyl (C=O) groups excluding carboxylic acids is 1. The second-order valence-corrected chi connectivity index (χ2v) is 8.80. The summed E-state index contributed by atoms with van der Waals surface area (Å²) in [6.45, 7) is 4.35. The van der Waals surface area contributed by atoms with E-state index in [4.69, 9.17) is 4.74 Å². The number of para-hydroxylation sites is 1. The van der Waals surface area contributed by atoms with Gasteiger partial charge in [0.25, 0.3) is 0 Å². The van der Waals surface area contributed by atoms with Crippen LogP contribution in [0.4, 0.5) is 5.69 Å². The van der Waals surface area contributed by atoms with Gasteiger partial charge in [-0.1, -0.05) is 42.4 Å². The standard InChI is InChI=1S/C24H29N5O2S/c1-18(28-14-7-4-8-15-28)23-26-27-24(29(23)20-11-5-3-6-12-20)32-17-22(30)25-19-10-9-13-21(16-19)31-2/h3,5-6,9-13,16,18H,4,7-8,14-15,17H2,1-2H3,(H,25,30). The van der Waals surface area contributed by atoms with Crippen molar-refractivity contribution in [2.24, 2.45) is 0 Å². The maximum Gasteiger partial charge on any atom is 0.234 e. The Morgan fingerprint density at radius 1 is 1.09 bits per heavy atom. The normalized spacial score (nSPS) is 15.3. The molecule has 4 rings (SSSR count). The Hall–Kier alpha value is -2.84. The molecule has 2 heterocycles. The number of hydrogen-bond donors (Lipinski definition) is 1. The lowest BCUT2D eigenvalue weighted by atomic mass is 10.1. The number of nitrogens with zero attached hydrogens (tertiary/aromatic N) is 4. The number of hydrogen-bond acceptors (Lipinski definition) is 6. The molecule has 8 heteroatoms. The largest absolute Gasteiger partial charge is 0.497 e. The summed E-state index contributed by atoms with van der Waals surface area (Å²) in [7, 11) is 1.61. The van der Waals surface area contributed by atoms with Crippen LogP contribution in [0.5, 0.6) is 5.75 Å². The minimum absolute atomic E-state index is 0.100. The van der Waals surface area contributed by atoms with E-state index in [9.17, 15) is 4.79 Å². The van der Waals surface area contributed by atoms with Gasteiger partial charge in [0.15, 0.2) is 11.0 Å². The van der Waals surface area contributed by atoms with E-state index in [1.807, 2.05) is 36.4 Å². The topological polar surface area (TPSA) is 72.3 Å². The number of anilines is 1. The van der Waals surface area contributed by atoms with Crippen LogP contribution < -0.4 is 10.1 Å². The molecule has 1 atom stereocenters. The molecule has 1 aliphatic rings. The average Bonchev–Trinajstić information content (AvgIpc) is 3.27. The van der Waals surface area contributed by atoms with Crippen molar-refractivity contribution in [2.45, 2.75) is 37.4 Å². The molecule has 1 unspecified atom stereocenters. The fourth-order valence-electron chi connectivity index (χ4n) is 3.96. The van der Waals surface area contributed by atoms with E-state index >= 15 is 0 Å². The van der Waals surface area contributed by atoms with Gasteiger partial charge in [-0.25, -0.2) is 0 Å². The maximum atomic E-state index is 12.6. The van der Waals surface area contributed by atoms with Gasteiger partial charge in [-0.2, -0.15) is 0 Å². The van der Waals surface area contributed by atoms with Gasteiger partial charge >= 0.3 is 0 Å². The lowest BCUT2D eigenvalue weighted by Crippen LogP contribution is -2.33. The number of likely N-dealkylation sites (tertiary alicyclic amines) is 1. The number of carbonyl (C=O) groups is 1. The molecular formula is C24H29N5O2S. The van der Waals surface area contributed by atoms with Crippen LogP contribution in [0.1, 0.15) is 38.1 Å². The summed E-state index contributed by atoms with van der Waals surface area (Å²) in [5, 5.41) is 12.7. The van der Waals surface area contributed by atoms with Crippen molar-refractivity contribution in [1.82, 2.24) is 19.7 Å². The van der Waals surface area contributed by atoms with Gasteiger partial charge in [-0.15, -0.1) is 10.2 Å². The predicted octanol–water partition coefficient (Wildman–Crippen LogP) is 4.55. The molecule has 0 saturated carbocycles. The van der Waals surface area contributed by atoms with Crippen LogP contribution in [0.25, 0.3) is 5.69 Å². The molecule has 0 aliphatic carbocycles. The first-order valence-electron chi connectivity index (χ1n) is 11.0. The summed E-state index contributed by atoms with van der Waals surface area (Å²) in [5.74, 6) is 1.75. The highest BCUT2D eigenvalue weighted by molar-refractivity contribution is 7.99. The van der Waals surface area contributed by atoms with Crippen LogP contribution in [-0.4, -0.2) is 51.5 Å². The highest BCUT2D eigenvalue weighted by Gasteiger charge is 2.25. The van der Waals surface area contributed by atoms with Crippen LogP contribution in [0.3, 0.4) is 0 Å². The van der Waals surface area contributed by atoms with Crippen LogP contribution >= 0.6 is 11.8 Å². The zero-order chi connectivity index (χ0) is 22.3. The quantitative estimate of drug-likeness (QED) is 0.507. The van der Waals surface area contributed by atoms with Crippen LogP contribution in [0, 0.1) is 0 Å². The highest BCUT2D eigenvalue weighted by Crippen LogP contribution is 2.29. The van der Waals surface area contributed by atoms with E-state index in [0.717, 1.165) is 29.8 Å². The summed E-state index contributed by atoms with van der Waals surface area (Å²) in [6.07, 6.45) is 3.73. The molecule has 1 amide bonds. The van der Waals surface area contributed by atoms with E-state index < -0.39 is 0 Å². The molecule has 0 spiro atoms. The number of rotatable bonds is 8. The zero-order valence-corrected chi connectivity index (χ0v) is 19.3. The van der Waals surface area contributed by atoms with Crippen molar-refractivity contribution < 1.29 is 9.53 Å². The predicted molar refractivity (Wildman–Crippen MR) is 128 cm³/mol. The van der Waals surface area contributed by atoms with E-state index in [1.54, 1.807) is 13.2 Å². The molecule has 32 heavy (non-hydrogen) atoms. The molecule has 2 aromatic carbocycles. The van der Waals surface area contributed by atoms with Crippen LogP contribution in [0.2, 0.25) is 0 Å². The first-order chi connectivity index (χ1) is 15.7.